The van der Waals surface area contributed by atoms with Gasteiger partial charge in [0.05, 0.1) is 6.54 Å². The minimum atomic E-state index is -0.740. The quantitative estimate of drug-likeness (QED) is 0.679. The van der Waals surface area contributed by atoms with Gasteiger partial charge in [-0.2, -0.15) is 0 Å². The molecular formula is C19H32N2O3. The van der Waals surface area contributed by atoms with Gasteiger partial charge in [-0.15, -0.1) is 0 Å². The molecule has 0 bridgehead atoms. The van der Waals surface area contributed by atoms with Crippen molar-refractivity contribution in [3.8, 4) is 0 Å². The maximum atomic E-state index is 12.1. The number of carbonyl (C=O) groups is 2. The van der Waals surface area contributed by atoms with Crippen LogP contribution in [0.15, 0.2) is 0 Å². The largest absolute Gasteiger partial charge is 0.480 e. The number of carboxylic acids is 1. The zero-order chi connectivity index (χ0) is 16.9. The molecule has 5 heteroatoms. The number of hydrogen-bond acceptors (Lipinski definition) is 3. The summed E-state index contributed by atoms with van der Waals surface area (Å²) in [6, 6.07) is 0.592. The molecule has 5 nitrogen and oxygen atoms in total. The van der Waals surface area contributed by atoms with Crippen LogP contribution in [0, 0.1) is 11.8 Å². The van der Waals surface area contributed by atoms with E-state index in [0.717, 1.165) is 31.7 Å². The normalized spacial score (nSPS) is 27.7. The molecule has 0 atom stereocenters. The topological polar surface area (TPSA) is 69.6 Å². The van der Waals surface area contributed by atoms with Crippen molar-refractivity contribution in [3.63, 3.8) is 0 Å². The highest BCUT2D eigenvalue weighted by molar-refractivity contribution is 5.76. The van der Waals surface area contributed by atoms with E-state index in [0.29, 0.717) is 18.4 Å². The lowest BCUT2D eigenvalue weighted by molar-refractivity contribution is -0.140. The van der Waals surface area contributed by atoms with Crippen LogP contribution in [0.3, 0.4) is 0 Å². The molecule has 0 heterocycles. The second kappa shape index (κ2) is 8.32. The van der Waals surface area contributed by atoms with Gasteiger partial charge < -0.3 is 10.4 Å². The van der Waals surface area contributed by atoms with Crippen molar-refractivity contribution in [1.29, 1.82) is 0 Å². The van der Waals surface area contributed by atoms with Gasteiger partial charge in [-0.1, -0.05) is 32.1 Å². The molecular weight excluding hydrogens is 304 g/mol. The van der Waals surface area contributed by atoms with Crippen LogP contribution in [0.25, 0.3) is 0 Å². The SMILES string of the molecule is O=C(O)CN(CC1CC1)C1CC(NC(=O)CCC2CCCCC2)C1. The number of amides is 1. The van der Waals surface area contributed by atoms with Crippen LogP contribution in [0.5, 0.6) is 0 Å². The summed E-state index contributed by atoms with van der Waals surface area (Å²) in [5.41, 5.74) is 0. The van der Waals surface area contributed by atoms with E-state index in [1.54, 1.807) is 0 Å². The second-order valence-corrected chi connectivity index (χ2v) is 8.20. The fourth-order valence-electron chi connectivity index (χ4n) is 4.26. The molecule has 0 saturated heterocycles. The number of aliphatic carboxylic acids is 1. The first kappa shape index (κ1) is 17.7. The molecule has 1 amide bonds. The lowest BCUT2D eigenvalue weighted by Gasteiger charge is -2.42. The molecule has 0 aromatic carbocycles. The molecule has 3 aliphatic rings. The van der Waals surface area contributed by atoms with Gasteiger partial charge in [0.1, 0.15) is 0 Å². The number of carboxylic acid groups (broad SMARTS) is 1. The standard InChI is InChI=1S/C19H32N2O3/c22-18(9-8-14-4-2-1-3-5-14)20-16-10-17(11-16)21(13-19(23)24)12-15-6-7-15/h14-17H,1-13H2,(H,20,22)(H,23,24). The van der Waals surface area contributed by atoms with E-state index in [1.807, 2.05) is 0 Å². The van der Waals surface area contributed by atoms with Gasteiger partial charge in [0, 0.05) is 25.0 Å². The Labute approximate surface area is 145 Å². The Hall–Kier alpha value is -1.10. The van der Waals surface area contributed by atoms with Gasteiger partial charge in [-0.3, -0.25) is 14.5 Å². The second-order valence-electron chi connectivity index (χ2n) is 8.20. The van der Waals surface area contributed by atoms with Crippen LogP contribution in [0.4, 0.5) is 0 Å². The Bertz CT molecular complexity index is 438. The molecule has 0 radical (unpaired) electrons. The van der Waals surface area contributed by atoms with Gasteiger partial charge in [-0.25, -0.2) is 0 Å². The van der Waals surface area contributed by atoms with Crippen LogP contribution in [-0.2, 0) is 9.59 Å². The van der Waals surface area contributed by atoms with E-state index >= 15 is 0 Å². The molecule has 0 aromatic rings. The minimum Gasteiger partial charge on any atom is -0.480 e. The van der Waals surface area contributed by atoms with E-state index in [4.69, 9.17) is 5.11 Å². The average Bonchev–Trinajstić information content (AvgIpc) is 3.32. The van der Waals surface area contributed by atoms with Crippen molar-refractivity contribution in [2.24, 2.45) is 11.8 Å². The predicted molar refractivity (Wildman–Crippen MR) is 92.7 cm³/mol. The molecule has 0 spiro atoms. The number of hydrogen-bond donors (Lipinski definition) is 2. The number of nitrogens with zero attached hydrogens (tertiary/aromatic N) is 1. The highest BCUT2D eigenvalue weighted by atomic mass is 16.4. The lowest BCUT2D eigenvalue weighted by Crippen LogP contribution is -2.55. The van der Waals surface area contributed by atoms with E-state index in [9.17, 15) is 9.59 Å². The van der Waals surface area contributed by atoms with Crippen molar-refractivity contribution in [2.75, 3.05) is 13.1 Å². The Morgan fingerprint density at radius 1 is 1.00 bits per heavy atom. The van der Waals surface area contributed by atoms with Crippen LogP contribution in [0.2, 0.25) is 0 Å². The Balaban J connectivity index is 1.32. The molecule has 3 fully saturated rings. The van der Waals surface area contributed by atoms with Crippen LogP contribution in [-0.4, -0.2) is 47.1 Å². The van der Waals surface area contributed by atoms with Crippen LogP contribution in [0.1, 0.15) is 70.6 Å². The van der Waals surface area contributed by atoms with E-state index in [-0.39, 0.29) is 18.5 Å². The summed E-state index contributed by atoms with van der Waals surface area (Å²) in [5.74, 6) is 0.906. The van der Waals surface area contributed by atoms with Gasteiger partial charge in [-0.05, 0) is 43.9 Å². The van der Waals surface area contributed by atoms with Crippen LogP contribution >= 0.6 is 0 Å². The van der Waals surface area contributed by atoms with E-state index in [2.05, 4.69) is 10.2 Å². The molecule has 0 unspecified atom stereocenters. The number of rotatable bonds is 9. The summed E-state index contributed by atoms with van der Waals surface area (Å²) in [6.07, 6.45) is 12.6. The van der Waals surface area contributed by atoms with Crippen molar-refractivity contribution in [1.82, 2.24) is 10.2 Å². The first-order valence-electron chi connectivity index (χ1n) is 9.85. The third-order valence-corrected chi connectivity index (χ3v) is 6.03. The van der Waals surface area contributed by atoms with Gasteiger partial charge in [0.25, 0.3) is 0 Å². The highest BCUT2D eigenvalue weighted by Gasteiger charge is 2.37. The minimum absolute atomic E-state index is 0.142. The van der Waals surface area contributed by atoms with Crippen molar-refractivity contribution >= 4 is 11.9 Å². The van der Waals surface area contributed by atoms with Crippen molar-refractivity contribution in [3.05, 3.63) is 0 Å². The van der Waals surface area contributed by atoms with Gasteiger partial charge in [0.15, 0.2) is 0 Å². The molecule has 3 rings (SSSR count). The fraction of sp³-hybridized carbons (Fsp3) is 0.895. The Morgan fingerprint density at radius 3 is 2.33 bits per heavy atom. The fourth-order valence-corrected chi connectivity index (χ4v) is 4.26. The third kappa shape index (κ3) is 5.47. The molecule has 2 N–H and O–H groups in total. The average molecular weight is 336 g/mol. The molecule has 24 heavy (non-hydrogen) atoms. The number of nitrogens with one attached hydrogen (secondary N) is 1. The predicted octanol–water partition coefficient (Wildman–Crippen LogP) is 2.79. The number of carbonyl (C=O) groups excluding carboxylic acids is 1. The lowest BCUT2D eigenvalue weighted by atomic mass is 9.84. The molecule has 0 aromatic heterocycles. The summed E-state index contributed by atoms with van der Waals surface area (Å²) in [5, 5.41) is 12.2. The first-order chi connectivity index (χ1) is 11.6. The molecule has 0 aliphatic heterocycles. The summed E-state index contributed by atoms with van der Waals surface area (Å²) in [7, 11) is 0. The third-order valence-electron chi connectivity index (χ3n) is 6.03. The maximum Gasteiger partial charge on any atom is 0.317 e. The Kier molecular flexibility index (Phi) is 6.14. The molecule has 136 valence electrons. The smallest absolute Gasteiger partial charge is 0.317 e. The zero-order valence-corrected chi connectivity index (χ0v) is 14.7. The van der Waals surface area contributed by atoms with Gasteiger partial charge in [0.2, 0.25) is 5.91 Å². The summed E-state index contributed by atoms with van der Waals surface area (Å²) >= 11 is 0. The maximum absolute atomic E-state index is 12.1. The summed E-state index contributed by atoms with van der Waals surface area (Å²) in [4.78, 5) is 25.3. The summed E-state index contributed by atoms with van der Waals surface area (Å²) < 4.78 is 0. The van der Waals surface area contributed by atoms with Crippen molar-refractivity contribution in [2.45, 2.75) is 82.7 Å². The van der Waals surface area contributed by atoms with Crippen molar-refractivity contribution < 1.29 is 14.7 Å². The summed E-state index contributed by atoms with van der Waals surface area (Å²) in [6.45, 7) is 1.06. The van der Waals surface area contributed by atoms with Crippen LogP contribution < -0.4 is 5.32 Å². The van der Waals surface area contributed by atoms with Gasteiger partial charge >= 0.3 is 5.97 Å². The molecule has 3 saturated carbocycles. The highest BCUT2D eigenvalue weighted by Crippen LogP contribution is 2.34. The Morgan fingerprint density at radius 2 is 1.71 bits per heavy atom. The van der Waals surface area contributed by atoms with E-state index < -0.39 is 5.97 Å². The monoisotopic (exact) mass is 336 g/mol. The van der Waals surface area contributed by atoms with E-state index in [1.165, 1.54) is 44.9 Å². The first-order valence-corrected chi connectivity index (χ1v) is 9.85. The molecule has 3 aliphatic carbocycles. The zero-order valence-electron chi connectivity index (χ0n) is 14.7.